The van der Waals surface area contributed by atoms with Gasteiger partial charge in [0.25, 0.3) is 0 Å². The molecule has 0 heterocycles. The van der Waals surface area contributed by atoms with Gasteiger partial charge in [0, 0.05) is 11.0 Å². The highest BCUT2D eigenvalue weighted by atomic mass is 16.5. The van der Waals surface area contributed by atoms with E-state index >= 15 is 0 Å². The molecule has 2 rings (SSSR count). The molecule has 0 amide bonds. The van der Waals surface area contributed by atoms with Crippen LogP contribution in [-0.2, 0) is 9.53 Å². The van der Waals surface area contributed by atoms with Crippen molar-refractivity contribution in [2.75, 3.05) is 6.61 Å². The third kappa shape index (κ3) is 2.86. The van der Waals surface area contributed by atoms with Gasteiger partial charge in [-0.25, -0.2) is 4.79 Å². The SMILES string of the molecule is C=CC1=CCC[C@@H]2C(C)(C)CCC[C@@]12COC(=O)C(=C)C. The van der Waals surface area contributed by atoms with Crippen molar-refractivity contribution in [2.45, 2.75) is 52.9 Å². The lowest BCUT2D eigenvalue weighted by Gasteiger charge is -2.54. The summed E-state index contributed by atoms with van der Waals surface area (Å²) in [6.07, 6.45) is 10.1. The standard InChI is InChI=1S/C19H28O2/c1-6-15-9-7-10-16-18(4,5)11-8-12-19(15,16)13-21-17(20)14(2)3/h6,9,16H,1-2,7-8,10-13H2,3-5H3/t16-,19-/m1/s1. The summed E-state index contributed by atoms with van der Waals surface area (Å²) < 4.78 is 5.60. The molecule has 1 fully saturated rings. The molecule has 21 heavy (non-hydrogen) atoms. The Kier molecular flexibility index (Phi) is 4.46. The minimum absolute atomic E-state index is 0.0487. The van der Waals surface area contributed by atoms with E-state index in [1.165, 1.54) is 24.8 Å². The summed E-state index contributed by atoms with van der Waals surface area (Å²) in [6.45, 7) is 14.6. The van der Waals surface area contributed by atoms with Gasteiger partial charge in [0.2, 0.25) is 0 Å². The molecule has 0 aliphatic heterocycles. The van der Waals surface area contributed by atoms with Crippen LogP contribution in [0.2, 0.25) is 0 Å². The highest BCUT2D eigenvalue weighted by molar-refractivity contribution is 5.86. The van der Waals surface area contributed by atoms with Gasteiger partial charge in [0.15, 0.2) is 0 Å². The molecule has 0 N–H and O–H groups in total. The highest BCUT2D eigenvalue weighted by Gasteiger charge is 2.52. The number of carbonyl (C=O) groups excluding carboxylic acids is 1. The lowest BCUT2D eigenvalue weighted by molar-refractivity contribution is -0.146. The zero-order chi connectivity index (χ0) is 15.7. The molecule has 0 aromatic heterocycles. The molecule has 2 nitrogen and oxygen atoms in total. The van der Waals surface area contributed by atoms with Gasteiger partial charge in [-0.1, -0.05) is 45.6 Å². The predicted molar refractivity (Wildman–Crippen MR) is 86.8 cm³/mol. The number of hydrogen-bond donors (Lipinski definition) is 0. The molecule has 0 saturated heterocycles. The van der Waals surface area contributed by atoms with E-state index in [0.29, 0.717) is 18.1 Å². The number of fused-ring (bicyclic) bond motifs is 1. The number of hydrogen-bond acceptors (Lipinski definition) is 2. The highest BCUT2D eigenvalue weighted by Crippen LogP contribution is 2.58. The number of esters is 1. The van der Waals surface area contributed by atoms with E-state index in [-0.39, 0.29) is 16.8 Å². The first-order chi connectivity index (χ1) is 9.83. The topological polar surface area (TPSA) is 26.3 Å². The lowest BCUT2D eigenvalue weighted by Crippen LogP contribution is -2.49. The summed E-state index contributed by atoms with van der Waals surface area (Å²) in [5.41, 5.74) is 1.99. The fourth-order valence-electron chi connectivity index (χ4n) is 4.44. The monoisotopic (exact) mass is 288 g/mol. The predicted octanol–water partition coefficient (Wildman–Crippen LogP) is 4.82. The number of allylic oxidation sites excluding steroid dienone is 2. The van der Waals surface area contributed by atoms with E-state index in [4.69, 9.17) is 4.74 Å². The molecular formula is C19H28O2. The first-order valence-corrected chi connectivity index (χ1v) is 7.99. The first kappa shape index (κ1) is 16.1. The van der Waals surface area contributed by atoms with Crippen LogP contribution in [-0.4, -0.2) is 12.6 Å². The molecule has 2 aliphatic carbocycles. The molecule has 0 spiro atoms. The molecular weight excluding hydrogens is 260 g/mol. The van der Waals surface area contributed by atoms with Crippen LogP contribution in [0, 0.1) is 16.7 Å². The van der Waals surface area contributed by atoms with Gasteiger partial charge >= 0.3 is 5.97 Å². The van der Waals surface area contributed by atoms with Crippen molar-refractivity contribution in [2.24, 2.45) is 16.7 Å². The van der Waals surface area contributed by atoms with Gasteiger partial charge in [-0.15, -0.1) is 0 Å². The van der Waals surface area contributed by atoms with Crippen molar-refractivity contribution < 1.29 is 9.53 Å². The minimum Gasteiger partial charge on any atom is -0.461 e. The largest absolute Gasteiger partial charge is 0.461 e. The van der Waals surface area contributed by atoms with E-state index in [2.05, 4.69) is 33.1 Å². The third-order valence-electron chi connectivity index (χ3n) is 5.48. The van der Waals surface area contributed by atoms with Gasteiger partial charge in [-0.05, 0) is 49.5 Å². The third-order valence-corrected chi connectivity index (χ3v) is 5.48. The summed E-state index contributed by atoms with van der Waals surface area (Å²) >= 11 is 0. The second-order valence-electron chi connectivity index (χ2n) is 7.35. The Labute approximate surface area is 129 Å². The van der Waals surface area contributed by atoms with Gasteiger partial charge < -0.3 is 4.74 Å². The van der Waals surface area contributed by atoms with Gasteiger partial charge in [0.1, 0.15) is 6.61 Å². The summed E-state index contributed by atoms with van der Waals surface area (Å²) in [4.78, 5) is 11.8. The van der Waals surface area contributed by atoms with Crippen LogP contribution in [0.1, 0.15) is 52.9 Å². The Morgan fingerprint density at radius 2 is 2.19 bits per heavy atom. The molecule has 0 radical (unpaired) electrons. The maximum atomic E-state index is 11.8. The summed E-state index contributed by atoms with van der Waals surface area (Å²) in [7, 11) is 0. The van der Waals surface area contributed by atoms with E-state index < -0.39 is 0 Å². The number of carbonyl (C=O) groups is 1. The van der Waals surface area contributed by atoms with E-state index in [9.17, 15) is 4.79 Å². The van der Waals surface area contributed by atoms with Crippen molar-refractivity contribution in [1.29, 1.82) is 0 Å². The second-order valence-corrected chi connectivity index (χ2v) is 7.35. The fourth-order valence-corrected chi connectivity index (χ4v) is 4.44. The smallest absolute Gasteiger partial charge is 0.333 e. The Balaban J connectivity index is 2.33. The maximum absolute atomic E-state index is 11.8. The first-order valence-electron chi connectivity index (χ1n) is 7.99. The molecule has 0 bridgehead atoms. The zero-order valence-electron chi connectivity index (χ0n) is 13.7. The molecule has 0 unspecified atom stereocenters. The zero-order valence-corrected chi connectivity index (χ0v) is 13.7. The van der Waals surface area contributed by atoms with Crippen LogP contribution in [0.5, 0.6) is 0 Å². The molecule has 2 aliphatic rings. The van der Waals surface area contributed by atoms with E-state index in [1.54, 1.807) is 6.92 Å². The molecule has 1 saturated carbocycles. The molecule has 2 heteroatoms. The van der Waals surface area contributed by atoms with Crippen LogP contribution in [0.3, 0.4) is 0 Å². The van der Waals surface area contributed by atoms with Crippen LogP contribution in [0.25, 0.3) is 0 Å². The van der Waals surface area contributed by atoms with Crippen molar-refractivity contribution in [3.8, 4) is 0 Å². The normalized spacial score (nSPS) is 30.8. The van der Waals surface area contributed by atoms with Gasteiger partial charge in [-0.2, -0.15) is 0 Å². The van der Waals surface area contributed by atoms with Crippen molar-refractivity contribution >= 4 is 5.97 Å². The quantitative estimate of drug-likeness (QED) is 0.547. The van der Waals surface area contributed by atoms with Crippen molar-refractivity contribution in [1.82, 2.24) is 0 Å². The Morgan fingerprint density at radius 1 is 1.48 bits per heavy atom. The average Bonchev–Trinajstić information content (AvgIpc) is 2.43. The Bertz CT molecular complexity index is 484. The summed E-state index contributed by atoms with van der Waals surface area (Å²) in [5, 5.41) is 0. The van der Waals surface area contributed by atoms with E-state index in [1.807, 2.05) is 6.08 Å². The van der Waals surface area contributed by atoms with Crippen LogP contribution < -0.4 is 0 Å². The van der Waals surface area contributed by atoms with Crippen molar-refractivity contribution in [3.63, 3.8) is 0 Å². The lowest BCUT2D eigenvalue weighted by atomic mass is 9.50. The summed E-state index contributed by atoms with van der Waals surface area (Å²) in [6, 6.07) is 0. The fraction of sp³-hybridized carbons (Fsp3) is 0.632. The molecule has 0 aromatic carbocycles. The number of rotatable bonds is 4. The minimum atomic E-state index is -0.277. The van der Waals surface area contributed by atoms with E-state index in [0.717, 1.165) is 12.8 Å². The van der Waals surface area contributed by atoms with Crippen LogP contribution in [0.4, 0.5) is 0 Å². The Hall–Kier alpha value is -1.31. The Morgan fingerprint density at radius 3 is 2.81 bits per heavy atom. The average molecular weight is 288 g/mol. The second kappa shape index (κ2) is 5.82. The summed E-state index contributed by atoms with van der Waals surface area (Å²) in [5.74, 6) is 0.273. The molecule has 2 atom stereocenters. The molecule has 0 aromatic rings. The van der Waals surface area contributed by atoms with Crippen molar-refractivity contribution in [3.05, 3.63) is 36.5 Å². The van der Waals surface area contributed by atoms with Crippen LogP contribution >= 0.6 is 0 Å². The van der Waals surface area contributed by atoms with Crippen LogP contribution in [0.15, 0.2) is 36.5 Å². The molecule has 116 valence electrons. The van der Waals surface area contributed by atoms with Gasteiger partial charge in [0.05, 0.1) is 0 Å². The maximum Gasteiger partial charge on any atom is 0.333 e. The van der Waals surface area contributed by atoms with Gasteiger partial charge in [-0.3, -0.25) is 0 Å². The number of ether oxygens (including phenoxy) is 1.